The average molecular weight is 521 g/mol. The summed E-state index contributed by atoms with van der Waals surface area (Å²) in [5.74, 6) is -4.19. The predicted octanol–water partition coefficient (Wildman–Crippen LogP) is 7.89. The summed E-state index contributed by atoms with van der Waals surface area (Å²) in [7, 11) is 0. The van der Waals surface area contributed by atoms with Crippen LogP contribution in [-0.4, -0.2) is 17.7 Å². The number of carbonyl (C=O) groups excluding carboxylic acids is 1. The van der Waals surface area contributed by atoms with E-state index in [4.69, 9.17) is 9.47 Å². The maximum Gasteiger partial charge on any atom is 0.343 e. The van der Waals surface area contributed by atoms with E-state index in [2.05, 4.69) is 0 Å². The number of halogens is 3. The first-order valence-electron chi connectivity index (χ1n) is 12.3. The smallest absolute Gasteiger partial charge is 0.343 e. The molecule has 196 valence electrons. The van der Waals surface area contributed by atoms with Crippen LogP contribution in [0.1, 0.15) is 48.7 Å². The van der Waals surface area contributed by atoms with Crippen molar-refractivity contribution in [3.63, 3.8) is 0 Å². The number of hydrogen-bond acceptors (Lipinski definition) is 4. The molecular formula is C31H27F3O4. The normalized spacial score (nSPS) is 11.7. The van der Waals surface area contributed by atoms with Crippen LogP contribution in [0.5, 0.6) is 11.5 Å². The quantitative estimate of drug-likeness (QED) is 0.180. The number of aliphatic hydroxyl groups excluding tert-OH is 1. The zero-order chi connectivity index (χ0) is 27.2. The van der Waals surface area contributed by atoms with Crippen molar-refractivity contribution >= 4 is 5.97 Å². The summed E-state index contributed by atoms with van der Waals surface area (Å²) in [4.78, 5) is 12.6. The number of benzene rings is 4. The summed E-state index contributed by atoms with van der Waals surface area (Å²) in [5, 5.41) is 10.1. The third-order valence-corrected chi connectivity index (χ3v) is 6.10. The lowest BCUT2D eigenvalue weighted by atomic mass is 9.99. The van der Waals surface area contributed by atoms with Gasteiger partial charge in [-0.3, -0.25) is 0 Å². The van der Waals surface area contributed by atoms with Crippen LogP contribution >= 0.6 is 0 Å². The molecule has 0 radical (unpaired) electrons. The molecule has 0 aromatic heterocycles. The van der Waals surface area contributed by atoms with Gasteiger partial charge in [-0.05, 0) is 72.0 Å². The highest BCUT2D eigenvalue weighted by molar-refractivity contribution is 5.91. The second kappa shape index (κ2) is 12.0. The van der Waals surface area contributed by atoms with E-state index in [1.807, 2.05) is 6.92 Å². The molecule has 0 heterocycles. The van der Waals surface area contributed by atoms with E-state index in [0.29, 0.717) is 35.3 Å². The maximum atomic E-state index is 14.9. The minimum absolute atomic E-state index is 0.00534. The monoisotopic (exact) mass is 520 g/mol. The molecule has 38 heavy (non-hydrogen) atoms. The number of esters is 1. The van der Waals surface area contributed by atoms with Gasteiger partial charge < -0.3 is 14.6 Å². The van der Waals surface area contributed by atoms with Crippen molar-refractivity contribution in [3.8, 4) is 33.8 Å². The van der Waals surface area contributed by atoms with Crippen LogP contribution in [0.2, 0.25) is 0 Å². The molecule has 0 spiro atoms. The largest absolute Gasteiger partial charge is 0.491 e. The number of ether oxygens (including phenoxy) is 2. The fourth-order valence-corrected chi connectivity index (χ4v) is 4.07. The molecule has 0 amide bonds. The van der Waals surface area contributed by atoms with E-state index in [9.17, 15) is 23.1 Å². The molecule has 4 aromatic carbocycles. The minimum atomic E-state index is -1.28. The SMILES string of the molecule is CCCC(O)c1ccc(-c2ccc(OC(=O)c3ccc(-c4ccc(OCC)c(F)c4)cc3)c(F)c2F)cc1. The molecule has 0 aliphatic carbocycles. The Labute approximate surface area is 219 Å². The van der Waals surface area contributed by atoms with Gasteiger partial charge in [-0.25, -0.2) is 13.6 Å². The molecule has 0 saturated heterocycles. The standard InChI is InChI=1S/C31H27F3O4/c1-3-5-26(35)21-10-8-20(9-11-21)24-15-17-28(30(34)29(24)33)38-31(36)22-12-6-19(7-13-22)23-14-16-27(37-4-2)25(32)18-23/h6-18,26,35H,3-5H2,1-2H3. The Kier molecular flexibility index (Phi) is 8.48. The highest BCUT2D eigenvalue weighted by Crippen LogP contribution is 2.32. The van der Waals surface area contributed by atoms with Gasteiger partial charge in [-0.2, -0.15) is 4.39 Å². The van der Waals surface area contributed by atoms with Crippen molar-refractivity contribution in [2.24, 2.45) is 0 Å². The van der Waals surface area contributed by atoms with Crippen LogP contribution in [0.4, 0.5) is 13.2 Å². The lowest BCUT2D eigenvalue weighted by Gasteiger charge is -2.12. The summed E-state index contributed by atoms with van der Waals surface area (Å²) in [5.41, 5.74) is 2.48. The topological polar surface area (TPSA) is 55.8 Å². The number of aliphatic hydroxyl groups is 1. The molecule has 4 rings (SSSR count). The van der Waals surface area contributed by atoms with Crippen molar-refractivity contribution in [3.05, 3.63) is 107 Å². The van der Waals surface area contributed by atoms with Crippen LogP contribution in [-0.2, 0) is 0 Å². The third kappa shape index (κ3) is 5.89. The number of hydrogen-bond donors (Lipinski definition) is 1. The van der Waals surface area contributed by atoms with Gasteiger partial charge >= 0.3 is 5.97 Å². The summed E-state index contributed by atoms with van der Waals surface area (Å²) in [6.07, 6.45) is 0.801. The van der Waals surface area contributed by atoms with Gasteiger partial charge in [0.1, 0.15) is 0 Å². The van der Waals surface area contributed by atoms with Crippen LogP contribution in [0.25, 0.3) is 22.3 Å². The van der Waals surface area contributed by atoms with Gasteiger partial charge in [0.05, 0.1) is 18.3 Å². The van der Waals surface area contributed by atoms with E-state index in [0.717, 1.165) is 6.42 Å². The van der Waals surface area contributed by atoms with E-state index in [1.54, 1.807) is 49.4 Å². The van der Waals surface area contributed by atoms with Gasteiger partial charge in [0, 0.05) is 5.56 Å². The lowest BCUT2D eigenvalue weighted by Crippen LogP contribution is -2.10. The number of carbonyl (C=O) groups is 1. The van der Waals surface area contributed by atoms with Crippen molar-refractivity contribution in [2.75, 3.05) is 6.61 Å². The van der Waals surface area contributed by atoms with E-state index in [1.165, 1.54) is 36.4 Å². The molecule has 1 unspecified atom stereocenters. The highest BCUT2D eigenvalue weighted by atomic mass is 19.2. The summed E-state index contributed by atoms with van der Waals surface area (Å²) < 4.78 is 54.2. The van der Waals surface area contributed by atoms with Gasteiger partial charge in [0.15, 0.2) is 23.1 Å². The van der Waals surface area contributed by atoms with Crippen molar-refractivity contribution in [1.29, 1.82) is 0 Å². The fraction of sp³-hybridized carbons (Fsp3) is 0.194. The van der Waals surface area contributed by atoms with Crippen LogP contribution in [0.15, 0.2) is 78.9 Å². The van der Waals surface area contributed by atoms with Crippen molar-refractivity contribution in [2.45, 2.75) is 32.8 Å². The molecule has 0 aliphatic heterocycles. The van der Waals surface area contributed by atoms with Crippen LogP contribution in [0, 0.1) is 17.5 Å². The fourth-order valence-electron chi connectivity index (χ4n) is 4.07. The first-order valence-corrected chi connectivity index (χ1v) is 12.3. The van der Waals surface area contributed by atoms with Crippen molar-refractivity contribution in [1.82, 2.24) is 0 Å². The molecule has 4 aromatic rings. The zero-order valence-corrected chi connectivity index (χ0v) is 21.0. The van der Waals surface area contributed by atoms with Gasteiger partial charge in [-0.15, -0.1) is 0 Å². The molecule has 1 N–H and O–H groups in total. The minimum Gasteiger partial charge on any atom is -0.491 e. The molecule has 0 fully saturated rings. The van der Waals surface area contributed by atoms with E-state index < -0.39 is 35.3 Å². The first-order chi connectivity index (χ1) is 18.3. The second-order valence-electron chi connectivity index (χ2n) is 8.71. The summed E-state index contributed by atoms with van der Waals surface area (Å²) in [6.45, 7) is 4.07. The molecule has 1 atom stereocenters. The summed E-state index contributed by atoms with van der Waals surface area (Å²) in [6, 6.07) is 19.8. The Morgan fingerprint density at radius 2 is 1.42 bits per heavy atom. The van der Waals surface area contributed by atoms with Crippen LogP contribution < -0.4 is 9.47 Å². The predicted molar refractivity (Wildman–Crippen MR) is 140 cm³/mol. The molecule has 4 nitrogen and oxygen atoms in total. The maximum absolute atomic E-state index is 14.9. The molecule has 7 heteroatoms. The lowest BCUT2D eigenvalue weighted by molar-refractivity contribution is 0.0726. The number of rotatable bonds is 9. The Morgan fingerprint density at radius 3 is 2.05 bits per heavy atom. The van der Waals surface area contributed by atoms with Crippen molar-refractivity contribution < 1.29 is 32.5 Å². The van der Waals surface area contributed by atoms with Gasteiger partial charge in [0.2, 0.25) is 5.82 Å². The molecular weight excluding hydrogens is 493 g/mol. The zero-order valence-electron chi connectivity index (χ0n) is 21.0. The Hall–Kier alpha value is -4.10. The second-order valence-corrected chi connectivity index (χ2v) is 8.71. The third-order valence-electron chi connectivity index (χ3n) is 6.10. The Bertz CT molecular complexity index is 1420. The van der Waals surface area contributed by atoms with E-state index >= 15 is 0 Å². The molecule has 0 aliphatic rings. The van der Waals surface area contributed by atoms with Crippen LogP contribution in [0.3, 0.4) is 0 Å². The summed E-state index contributed by atoms with van der Waals surface area (Å²) >= 11 is 0. The Morgan fingerprint density at radius 1 is 0.789 bits per heavy atom. The Balaban J connectivity index is 1.48. The van der Waals surface area contributed by atoms with Gasteiger partial charge in [0.25, 0.3) is 0 Å². The average Bonchev–Trinajstić information content (AvgIpc) is 2.93. The molecule has 0 saturated carbocycles. The first kappa shape index (κ1) is 26.9. The van der Waals surface area contributed by atoms with E-state index in [-0.39, 0.29) is 16.9 Å². The highest BCUT2D eigenvalue weighted by Gasteiger charge is 2.19. The molecule has 0 bridgehead atoms. The van der Waals surface area contributed by atoms with Gasteiger partial charge in [-0.1, -0.05) is 55.8 Å².